The van der Waals surface area contributed by atoms with Crippen LogP contribution < -0.4 is 0 Å². The van der Waals surface area contributed by atoms with E-state index in [1.165, 1.54) is 32.6 Å². The highest BCUT2D eigenvalue weighted by molar-refractivity contribution is 5.65. The van der Waals surface area contributed by atoms with Crippen LogP contribution in [0.25, 0.3) is 0 Å². The molecular weight excluding hydrogens is 356 g/mol. The van der Waals surface area contributed by atoms with E-state index >= 15 is 0 Å². The first kappa shape index (κ1) is 20.9. The minimum absolute atomic E-state index is 0.131. The van der Waals surface area contributed by atoms with Crippen molar-refractivity contribution in [2.45, 2.75) is 66.2 Å². The molecule has 5 rings (SSSR count). The van der Waals surface area contributed by atoms with Crippen molar-refractivity contribution in [2.24, 2.45) is 53.3 Å². The number of esters is 1. The summed E-state index contributed by atoms with van der Waals surface area (Å²) in [7, 11) is 0. The third-order valence-corrected chi connectivity index (χ3v) is 9.66. The molecule has 0 aliphatic heterocycles. The number of carbonyl (C=O) groups is 1. The van der Waals surface area contributed by atoms with Gasteiger partial charge in [0.25, 0.3) is 0 Å². The summed E-state index contributed by atoms with van der Waals surface area (Å²) in [5, 5.41) is 0. The van der Waals surface area contributed by atoms with Gasteiger partial charge < -0.3 is 4.74 Å². The topological polar surface area (TPSA) is 26.3 Å². The molecule has 2 heteroatoms. The number of ether oxygens (including phenoxy) is 1. The van der Waals surface area contributed by atoms with Crippen molar-refractivity contribution in [3.05, 3.63) is 35.9 Å². The average Bonchev–Trinajstić information content (AvgIpc) is 3.46. The van der Waals surface area contributed by atoms with Gasteiger partial charge in [0.15, 0.2) is 0 Å². The van der Waals surface area contributed by atoms with Crippen LogP contribution in [0.5, 0.6) is 0 Å². The van der Waals surface area contributed by atoms with Crippen LogP contribution in [0.1, 0.15) is 71.8 Å². The van der Waals surface area contributed by atoms with Gasteiger partial charge in [-0.15, -0.1) is 0 Å². The lowest BCUT2D eigenvalue weighted by Crippen LogP contribution is -2.27. The van der Waals surface area contributed by atoms with E-state index in [0.29, 0.717) is 12.5 Å². The quantitative estimate of drug-likeness (QED) is 0.541. The number of hydrogen-bond donors (Lipinski definition) is 0. The largest absolute Gasteiger partial charge is 0.466 e. The van der Waals surface area contributed by atoms with E-state index in [1.54, 1.807) is 5.56 Å². The monoisotopic (exact) mass is 396 g/mol. The Morgan fingerprint density at radius 1 is 0.828 bits per heavy atom. The Kier molecular flexibility index (Phi) is 6.09. The lowest BCUT2D eigenvalue weighted by molar-refractivity contribution is -0.143. The van der Waals surface area contributed by atoms with Crippen LogP contribution in [0, 0.1) is 53.3 Å². The maximum atomic E-state index is 10.7. The second-order valence-corrected chi connectivity index (χ2v) is 10.8. The highest BCUT2D eigenvalue weighted by atomic mass is 16.5. The van der Waals surface area contributed by atoms with Crippen LogP contribution in [-0.4, -0.2) is 12.6 Å². The minimum atomic E-state index is -0.131. The Morgan fingerprint density at radius 2 is 1.41 bits per heavy atom. The summed E-state index contributed by atoms with van der Waals surface area (Å²) < 4.78 is 5.12. The summed E-state index contributed by atoms with van der Waals surface area (Å²) >= 11 is 0. The van der Waals surface area contributed by atoms with Gasteiger partial charge in [0, 0.05) is 6.92 Å². The first-order valence-electron chi connectivity index (χ1n) is 12.0. The molecule has 4 aliphatic rings. The molecule has 0 radical (unpaired) electrons. The average molecular weight is 397 g/mol. The fraction of sp³-hybridized carbons (Fsp3) is 0.741. The Balaban J connectivity index is 0.000000142. The minimum Gasteiger partial charge on any atom is -0.466 e. The molecule has 4 aliphatic carbocycles. The summed E-state index contributed by atoms with van der Waals surface area (Å²) in [5.41, 5.74) is 1.59. The summed E-state index contributed by atoms with van der Waals surface area (Å²) in [4.78, 5) is 10.7. The number of fused-ring (bicyclic) bond motifs is 4. The van der Waals surface area contributed by atoms with Gasteiger partial charge in [-0.1, -0.05) is 58.0 Å². The Hall–Kier alpha value is -1.31. The molecule has 1 aromatic rings. The van der Waals surface area contributed by atoms with Crippen LogP contribution in [0.3, 0.4) is 0 Å². The maximum absolute atomic E-state index is 10.7. The maximum Gasteiger partial charge on any atom is 0.302 e. The second-order valence-electron chi connectivity index (χ2n) is 10.8. The lowest BCUT2D eigenvalue weighted by Gasteiger charge is -2.32. The first-order valence-corrected chi connectivity index (χ1v) is 12.0. The van der Waals surface area contributed by atoms with Crippen LogP contribution in [-0.2, 0) is 9.53 Å². The van der Waals surface area contributed by atoms with Crippen molar-refractivity contribution in [1.29, 1.82) is 0 Å². The molecule has 160 valence electrons. The van der Waals surface area contributed by atoms with Crippen molar-refractivity contribution in [1.82, 2.24) is 0 Å². The molecule has 0 saturated heterocycles. The lowest BCUT2D eigenvalue weighted by atomic mass is 9.73. The Bertz CT molecular complexity index is 694. The number of benzene rings is 1. The van der Waals surface area contributed by atoms with Crippen molar-refractivity contribution in [2.75, 3.05) is 6.61 Å². The molecule has 6 unspecified atom stereocenters. The summed E-state index contributed by atoms with van der Waals surface area (Å²) in [6.45, 7) is 11.8. The zero-order chi connectivity index (χ0) is 20.7. The summed E-state index contributed by atoms with van der Waals surface area (Å²) in [6.07, 6.45) is 5.58. The van der Waals surface area contributed by atoms with Crippen molar-refractivity contribution in [3.63, 3.8) is 0 Å². The SMILES string of the molecule is CC(=O)OCC1C[C@H]2C[C@@H]1C(C)C2C.CC1C(C)[C@H]2C[C@@H]1CC2c1ccccc1. The molecule has 1 aromatic carbocycles. The van der Waals surface area contributed by atoms with E-state index in [-0.39, 0.29) is 5.97 Å². The van der Waals surface area contributed by atoms with E-state index in [4.69, 9.17) is 4.74 Å². The fourth-order valence-corrected chi connectivity index (χ4v) is 7.53. The molecule has 0 N–H and O–H groups in total. The van der Waals surface area contributed by atoms with Crippen LogP contribution in [0.4, 0.5) is 0 Å². The molecule has 4 fully saturated rings. The molecule has 4 saturated carbocycles. The summed E-state index contributed by atoms with van der Waals surface area (Å²) in [6, 6.07) is 11.2. The molecule has 29 heavy (non-hydrogen) atoms. The molecular formula is C27H40O2. The molecule has 0 heterocycles. The Labute approximate surface area is 177 Å². The van der Waals surface area contributed by atoms with E-state index < -0.39 is 0 Å². The van der Waals surface area contributed by atoms with Gasteiger partial charge in [-0.05, 0) is 90.4 Å². The van der Waals surface area contributed by atoms with E-state index in [0.717, 1.165) is 53.3 Å². The highest BCUT2D eigenvalue weighted by Crippen LogP contribution is 2.58. The molecule has 2 nitrogen and oxygen atoms in total. The standard InChI is InChI=1S/C15H20.C12H20O2/c1-10-11(2)14-8-13(10)9-15(14)12-6-4-3-5-7-12;1-7-8(2)12-5-10(7)4-11(12)6-14-9(3)13/h3-7,10-11,13-15H,8-9H2,1-2H3;7-8,10-12H,4-6H2,1-3H3/t10?,11?,13-,14-,15?;7?,8?,10-,11?,12+/m10/s1. The third kappa shape index (κ3) is 4.01. The van der Waals surface area contributed by atoms with Gasteiger partial charge in [0.05, 0.1) is 6.61 Å². The molecule has 0 aromatic heterocycles. The first-order chi connectivity index (χ1) is 13.9. The van der Waals surface area contributed by atoms with E-state index in [9.17, 15) is 4.79 Å². The molecule has 4 bridgehead atoms. The van der Waals surface area contributed by atoms with Gasteiger partial charge in [-0.2, -0.15) is 0 Å². The molecule has 0 amide bonds. The molecule has 0 spiro atoms. The van der Waals surface area contributed by atoms with E-state index in [1.807, 2.05) is 0 Å². The predicted molar refractivity (Wildman–Crippen MR) is 118 cm³/mol. The smallest absolute Gasteiger partial charge is 0.302 e. The number of hydrogen-bond acceptors (Lipinski definition) is 2. The van der Waals surface area contributed by atoms with Crippen molar-refractivity contribution >= 4 is 5.97 Å². The Morgan fingerprint density at radius 3 is 1.93 bits per heavy atom. The zero-order valence-electron chi connectivity index (χ0n) is 19.0. The highest BCUT2D eigenvalue weighted by Gasteiger charge is 2.49. The second kappa shape index (κ2) is 8.44. The zero-order valence-corrected chi connectivity index (χ0v) is 19.0. The van der Waals surface area contributed by atoms with Gasteiger partial charge in [0.1, 0.15) is 0 Å². The van der Waals surface area contributed by atoms with Gasteiger partial charge in [0.2, 0.25) is 0 Å². The predicted octanol–water partition coefficient (Wildman–Crippen LogP) is 6.56. The fourth-order valence-electron chi connectivity index (χ4n) is 7.53. The van der Waals surface area contributed by atoms with Crippen molar-refractivity contribution < 1.29 is 9.53 Å². The summed E-state index contributed by atoms with van der Waals surface area (Å²) in [5.74, 6) is 8.69. The van der Waals surface area contributed by atoms with Gasteiger partial charge >= 0.3 is 5.97 Å². The van der Waals surface area contributed by atoms with Crippen LogP contribution in [0.15, 0.2) is 30.3 Å². The number of carbonyl (C=O) groups excluding carboxylic acids is 1. The van der Waals surface area contributed by atoms with Gasteiger partial charge in [-0.25, -0.2) is 0 Å². The third-order valence-electron chi connectivity index (χ3n) is 9.66. The van der Waals surface area contributed by atoms with Crippen LogP contribution >= 0.6 is 0 Å². The van der Waals surface area contributed by atoms with Crippen LogP contribution in [0.2, 0.25) is 0 Å². The van der Waals surface area contributed by atoms with Gasteiger partial charge in [-0.3, -0.25) is 4.79 Å². The normalized spacial score (nSPS) is 44.4. The number of rotatable bonds is 3. The van der Waals surface area contributed by atoms with Crippen molar-refractivity contribution in [3.8, 4) is 0 Å². The van der Waals surface area contributed by atoms with E-state index in [2.05, 4.69) is 58.0 Å². The molecule has 10 atom stereocenters.